The van der Waals surface area contributed by atoms with Crippen molar-refractivity contribution in [3.05, 3.63) is 52.3 Å². The molecule has 77 heavy (non-hydrogen) atoms. The molecule has 1 aromatic carbocycles. The molecule has 8 amide bonds. The van der Waals surface area contributed by atoms with Crippen molar-refractivity contribution in [2.24, 2.45) is 17.8 Å². The minimum Gasteiger partial charge on any atom is -0.508 e. The van der Waals surface area contributed by atoms with E-state index < -0.39 is 107 Å². The second-order valence-corrected chi connectivity index (χ2v) is 21.4. The first-order chi connectivity index (χ1) is 36.6. The summed E-state index contributed by atoms with van der Waals surface area (Å²) in [5.74, 6) is -7.59. The van der Waals surface area contributed by atoms with Gasteiger partial charge in [-0.2, -0.15) is 0 Å². The summed E-state index contributed by atoms with van der Waals surface area (Å²) >= 11 is 3.52. The fourth-order valence-electron chi connectivity index (χ4n) is 9.35. The van der Waals surface area contributed by atoms with Gasteiger partial charge in [-0.25, -0.2) is 4.98 Å². The third kappa shape index (κ3) is 16.4. The molecule has 0 spiro atoms. The Balaban J connectivity index is 1.49. The number of aliphatic hydroxyl groups excluding tert-OH is 1. The standard InChI is InChI=1S/C54H77BrN10O12/c1-9-15-37(61-50(73)43(29(7)10-2)64-51(74)44(68)30(8)11-3)48(71)62-38-16-13-22-56-47(70)40(26-34-33-25-32(66)19-20-36(33)59-46(34)55)58-42(67)21-18-31-27-77-53(57-31)35(12-4)60-52(75)45(69)39(24-28(5)6)63-49(72)41-17-14-23-65(41)54(38)76/h18-21,25,27-30,35,37-41,43-44,59,66,68H,9-17,22-24,26H2,1-8H3,(H,56,70)(H,58,67)(H,60,75)(H,61,73)(H,62,71)(H,63,72)(H,64,74)/b21-18+/t29?,30?,35-,37-,38-,39+,40-,41-,43-,44?/m0/s1. The molecule has 0 radical (unpaired) electrons. The molecule has 2 aliphatic heterocycles. The van der Waals surface area contributed by atoms with Crippen LogP contribution in [-0.4, -0.2) is 134 Å². The van der Waals surface area contributed by atoms with Gasteiger partial charge in [-0.05, 0) is 108 Å². The van der Waals surface area contributed by atoms with Crippen molar-refractivity contribution in [1.82, 2.24) is 52.1 Å². The first kappa shape index (κ1) is 61.2. The number of H-pyrrole nitrogens is 1. The lowest BCUT2D eigenvalue weighted by atomic mass is 9.95. The molecule has 5 rings (SSSR count). The Labute approximate surface area is 457 Å². The topological polar surface area (TPSA) is 323 Å². The number of ketones is 1. The van der Waals surface area contributed by atoms with Crippen LogP contribution in [0.25, 0.3) is 17.0 Å². The van der Waals surface area contributed by atoms with Crippen LogP contribution in [0.2, 0.25) is 0 Å². The smallest absolute Gasteiger partial charge is 0.290 e. The fraction of sp³-hybridized carbons (Fsp3) is 0.593. The van der Waals surface area contributed by atoms with Crippen LogP contribution in [0, 0.1) is 17.8 Å². The molecule has 0 aliphatic carbocycles. The number of halogens is 1. The van der Waals surface area contributed by atoms with Gasteiger partial charge in [0.2, 0.25) is 53.0 Å². The summed E-state index contributed by atoms with van der Waals surface area (Å²) in [6.45, 7) is 14.4. The second kappa shape index (κ2) is 28.7. The van der Waals surface area contributed by atoms with E-state index in [-0.39, 0.29) is 87.2 Å². The highest BCUT2D eigenvalue weighted by atomic mass is 79.9. The van der Waals surface area contributed by atoms with Crippen molar-refractivity contribution >= 4 is 85.9 Å². The van der Waals surface area contributed by atoms with Crippen LogP contribution in [0.1, 0.15) is 143 Å². The number of hydrogen-bond acceptors (Lipinski definition) is 13. The van der Waals surface area contributed by atoms with Crippen molar-refractivity contribution in [2.45, 2.75) is 174 Å². The maximum atomic E-state index is 14.9. The van der Waals surface area contributed by atoms with E-state index in [0.29, 0.717) is 46.8 Å². The van der Waals surface area contributed by atoms with Crippen molar-refractivity contribution in [3.63, 3.8) is 0 Å². The van der Waals surface area contributed by atoms with Crippen LogP contribution in [-0.2, 0) is 49.6 Å². The van der Waals surface area contributed by atoms with E-state index in [1.807, 2.05) is 27.7 Å². The molecular weight excluding hydrogens is 1060 g/mol. The summed E-state index contributed by atoms with van der Waals surface area (Å²) in [4.78, 5) is 135. The predicted octanol–water partition coefficient (Wildman–Crippen LogP) is 3.64. The molecule has 1 fully saturated rings. The molecule has 2 aromatic heterocycles. The maximum Gasteiger partial charge on any atom is 0.290 e. The summed E-state index contributed by atoms with van der Waals surface area (Å²) < 4.78 is 6.17. The third-order valence-corrected chi connectivity index (χ3v) is 15.0. The van der Waals surface area contributed by atoms with Gasteiger partial charge in [-0.1, -0.05) is 74.7 Å². The van der Waals surface area contributed by atoms with E-state index >= 15 is 0 Å². The Kier molecular flexibility index (Phi) is 22.8. The maximum absolute atomic E-state index is 14.9. The molecule has 1 saturated heterocycles. The van der Waals surface area contributed by atoms with Gasteiger partial charge in [0.05, 0.1) is 10.6 Å². The van der Waals surface area contributed by atoms with Crippen LogP contribution in [0.3, 0.4) is 0 Å². The zero-order valence-electron chi connectivity index (χ0n) is 45.3. The van der Waals surface area contributed by atoms with Crippen LogP contribution in [0.15, 0.2) is 39.6 Å². The molecule has 3 unspecified atom stereocenters. The number of aromatic hydroxyl groups is 1. The third-order valence-electron chi connectivity index (χ3n) is 14.3. The largest absolute Gasteiger partial charge is 0.508 e. The number of benzene rings is 1. The lowest BCUT2D eigenvalue weighted by Gasteiger charge is -2.31. The lowest BCUT2D eigenvalue weighted by molar-refractivity contribution is -0.144. The Hall–Kier alpha value is -6.62. The van der Waals surface area contributed by atoms with Gasteiger partial charge >= 0.3 is 0 Å². The monoisotopic (exact) mass is 1140 g/mol. The summed E-state index contributed by atoms with van der Waals surface area (Å²) in [5, 5.41) is 40.9. The predicted molar refractivity (Wildman–Crippen MR) is 289 cm³/mol. The number of oxazole rings is 1. The van der Waals surface area contributed by atoms with Crippen molar-refractivity contribution < 1.29 is 57.8 Å². The minimum absolute atomic E-state index is 0.0216. The molecule has 2 bridgehead atoms. The van der Waals surface area contributed by atoms with E-state index in [1.165, 1.54) is 29.4 Å². The molecule has 4 heterocycles. The van der Waals surface area contributed by atoms with Crippen LogP contribution in [0.4, 0.5) is 0 Å². The normalized spacial score (nSPS) is 22.8. The quantitative estimate of drug-likeness (QED) is 0.0865. The zero-order valence-corrected chi connectivity index (χ0v) is 46.8. The van der Waals surface area contributed by atoms with Crippen LogP contribution < -0.4 is 37.2 Å². The average molecular weight is 1140 g/mol. The van der Waals surface area contributed by atoms with Gasteiger partial charge < -0.3 is 61.7 Å². The van der Waals surface area contributed by atoms with E-state index in [9.17, 15) is 53.4 Å². The number of phenolic OH excluding ortho intramolecular Hbond substituents is 1. The Bertz CT molecular complexity index is 2630. The number of rotatable bonds is 17. The molecule has 10 N–H and O–H groups in total. The molecule has 10 atom stereocenters. The summed E-state index contributed by atoms with van der Waals surface area (Å²) in [6, 6.07) is -3.41. The summed E-state index contributed by atoms with van der Waals surface area (Å²) in [5.41, 5.74) is 1.42. The second-order valence-electron chi connectivity index (χ2n) is 20.6. The lowest BCUT2D eigenvalue weighted by Crippen LogP contribution is -2.60. The number of aromatic nitrogens is 2. The van der Waals surface area contributed by atoms with Gasteiger partial charge in [0.1, 0.15) is 60.1 Å². The summed E-state index contributed by atoms with van der Waals surface area (Å²) in [6.07, 6.45) is 4.77. The number of hydrogen-bond donors (Lipinski definition) is 10. The molecule has 22 nitrogen and oxygen atoms in total. The van der Waals surface area contributed by atoms with Crippen LogP contribution >= 0.6 is 15.9 Å². The van der Waals surface area contributed by atoms with Crippen molar-refractivity contribution in [1.29, 1.82) is 0 Å². The number of Topliss-reactive ketones (excluding diaryl/α,β-unsaturated/α-hetero) is 1. The number of carbonyl (C=O) groups is 9. The molecule has 0 saturated carbocycles. The van der Waals surface area contributed by atoms with Gasteiger partial charge in [-0.3, -0.25) is 43.2 Å². The molecule has 23 heteroatoms. The van der Waals surface area contributed by atoms with E-state index in [4.69, 9.17) is 4.42 Å². The first-order valence-electron chi connectivity index (χ1n) is 26.9. The van der Waals surface area contributed by atoms with E-state index in [1.54, 1.807) is 33.8 Å². The van der Waals surface area contributed by atoms with E-state index in [0.717, 1.165) is 6.08 Å². The number of fused-ring (bicyclic) bond motifs is 4. The SMILES string of the molecule is CCC[C@H](NC(=O)[C@@H](NC(=O)C(O)C(C)CC)C(C)CC)C(=O)N[C@H]1CCCNC(=O)[C@H](Cc2c(Br)[nH]c3ccc(O)cc23)NC(=O)/C=C/c2coc(n2)[C@H](CC)NC(=O)C(=O)[C@@H](CC(C)C)NC(=O)[C@@H]2CCCN2C1=O. The first-order valence-corrected chi connectivity index (χ1v) is 27.7. The molecular formula is C54H77BrN10O12. The number of phenols is 1. The van der Waals surface area contributed by atoms with E-state index in [2.05, 4.69) is 63.1 Å². The Morgan fingerprint density at radius 2 is 1.58 bits per heavy atom. The highest BCUT2D eigenvalue weighted by Gasteiger charge is 2.41. The number of aromatic amines is 1. The van der Waals surface area contributed by atoms with Gasteiger partial charge in [0.25, 0.3) is 5.91 Å². The van der Waals surface area contributed by atoms with Crippen molar-refractivity contribution in [2.75, 3.05) is 13.1 Å². The Morgan fingerprint density at radius 1 is 0.857 bits per heavy atom. The zero-order chi connectivity index (χ0) is 56.7. The van der Waals surface area contributed by atoms with Crippen molar-refractivity contribution in [3.8, 4) is 5.75 Å². The molecule has 2 aliphatic rings. The number of carbonyl (C=O) groups excluding carboxylic acids is 9. The number of nitrogens with one attached hydrogen (secondary N) is 8. The van der Waals surface area contributed by atoms with Gasteiger partial charge in [0.15, 0.2) is 0 Å². The average Bonchev–Trinajstić information content (AvgIpc) is 4.16. The number of nitrogens with zero attached hydrogens (tertiary/aromatic N) is 2. The fourth-order valence-corrected chi connectivity index (χ4v) is 9.94. The minimum atomic E-state index is -1.37. The number of amides is 8. The van der Waals surface area contributed by atoms with Gasteiger partial charge in [-0.15, -0.1) is 0 Å². The highest BCUT2D eigenvalue weighted by molar-refractivity contribution is 9.10. The summed E-state index contributed by atoms with van der Waals surface area (Å²) in [7, 11) is 0. The molecule has 3 aromatic rings. The van der Waals surface area contributed by atoms with Gasteiger partial charge in [0, 0.05) is 36.5 Å². The molecule has 422 valence electrons. The highest BCUT2D eigenvalue weighted by Crippen LogP contribution is 2.31. The number of aliphatic hydroxyl groups is 1. The van der Waals surface area contributed by atoms with Crippen LogP contribution in [0.5, 0.6) is 5.75 Å². The Morgan fingerprint density at radius 3 is 2.26 bits per heavy atom.